The van der Waals surface area contributed by atoms with Gasteiger partial charge in [-0.1, -0.05) is 73.4 Å². The Morgan fingerprint density at radius 2 is 1.67 bits per heavy atom. The molecule has 2 amide bonds. The molecule has 208 valence electrons. The quantitative estimate of drug-likeness (QED) is 0.288. The van der Waals surface area contributed by atoms with E-state index in [1.54, 1.807) is 61.5 Å². The zero-order chi connectivity index (χ0) is 28.6. The van der Waals surface area contributed by atoms with Crippen molar-refractivity contribution in [3.63, 3.8) is 0 Å². The number of sulfonamides is 1. The third-order valence-electron chi connectivity index (χ3n) is 6.19. The lowest BCUT2D eigenvalue weighted by atomic mass is 10.1. The van der Waals surface area contributed by atoms with E-state index in [9.17, 15) is 18.0 Å². The fourth-order valence-electron chi connectivity index (χ4n) is 4.15. The van der Waals surface area contributed by atoms with Gasteiger partial charge in [0.2, 0.25) is 11.8 Å². The molecule has 3 rings (SSSR count). The second-order valence-electron chi connectivity index (χ2n) is 9.14. The van der Waals surface area contributed by atoms with Crippen molar-refractivity contribution < 1.29 is 18.0 Å². The molecule has 3 aromatic carbocycles. The highest BCUT2D eigenvalue weighted by molar-refractivity contribution is 7.92. The molecule has 1 atom stereocenters. The molecule has 1 N–H and O–H groups in total. The summed E-state index contributed by atoms with van der Waals surface area (Å²) in [6.07, 6.45) is 1.05. The van der Waals surface area contributed by atoms with Crippen molar-refractivity contribution in [1.29, 1.82) is 0 Å². The highest BCUT2D eigenvalue weighted by Gasteiger charge is 2.33. The van der Waals surface area contributed by atoms with Gasteiger partial charge in [-0.25, -0.2) is 8.42 Å². The molecule has 39 heavy (non-hydrogen) atoms. The first kappa shape index (κ1) is 30.5. The van der Waals surface area contributed by atoms with Crippen LogP contribution >= 0.6 is 23.2 Å². The van der Waals surface area contributed by atoms with Crippen LogP contribution in [0.15, 0.2) is 77.7 Å². The maximum Gasteiger partial charge on any atom is 0.264 e. The SMILES string of the molecule is CCCNC(=O)[C@H](CC)N(Cc1ccc(Cl)cc1Cl)C(=O)CN(c1cccc(C)c1)S(=O)(=O)c1ccccc1. The number of nitrogens with zero attached hydrogens (tertiary/aromatic N) is 2. The molecule has 0 aliphatic rings. The van der Waals surface area contributed by atoms with Crippen molar-refractivity contribution >= 4 is 50.7 Å². The maximum absolute atomic E-state index is 14.0. The van der Waals surface area contributed by atoms with Crippen LogP contribution < -0.4 is 9.62 Å². The number of nitrogens with one attached hydrogen (secondary N) is 1. The zero-order valence-electron chi connectivity index (χ0n) is 22.2. The summed E-state index contributed by atoms with van der Waals surface area (Å²) in [6.45, 7) is 5.53. The summed E-state index contributed by atoms with van der Waals surface area (Å²) in [5.74, 6) is -0.855. The van der Waals surface area contributed by atoms with Crippen LogP contribution in [0.4, 0.5) is 5.69 Å². The monoisotopic (exact) mass is 589 g/mol. The fourth-order valence-corrected chi connectivity index (χ4v) is 6.05. The highest BCUT2D eigenvalue weighted by atomic mass is 35.5. The fraction of sp³-hybridized carbons (Fsp3) is 0.310. The van der Waals surface area contributed by atoms with Gasteiger partial charge >= 0.3 is 0 Å². The van der Waals surface area contributed by atoms with E-state index >= 15 is 0 Å². The van der Waals surface area contributed by atoms with E-state index in [4.69, 9.17) is 23.2 Å². The van der Waals surface area contributed by atoms with Crippen molar-refractivity contribution in [2.24, 2.45) is 0 Å². The summed E-state index contributed by atoms with van der Waals surface area (Å²) >= 11 is 12.5. The number of hydrogen-bond donors (Lipinski definition) is 1. The molecule has 0 spiro atoms. The average molecular weight is 591 g/mol. The number of anilines is 1. The minimum Gasteiger partial charge on any atom is -0.354 e. The summed E-state index contributed by atoms with van der Waals surface area (Å²) in [7, 11) is -4.11. The van der Waals surface area contributed by atoms with Crippen molar-refractivity contribution in [3.05, 3.63) is 94.0 Å². The van der Waals surface area contributed by atoms with Gasteiger partial charge in [-0.3, -0.25) is 13.9 Å². The van der Waals surface area contributed by atoms with Crippen LogP contribution in [-0.4, -0.2) is 44.3 Å². The number of rotatable bonds is 12. The van der Waals surface area contributed by atoms with Crippen LogP contribution in [0.5, 0.6) is 0 Å². The van der Waals surface area contributed by atoms with Gasteiger partial charge in [0.25, 0.3) is 10.0 Å². The topological polar surface area (TPSA) is 86.8 Å². The zero-order valence-corrected chi connectivity index (χ0v) is 24.6. The van der Waals surface area contributed by atoms with Gasteiger partial charge in [0.1, 0.15) is 12.6 Å². The third-order valence-corrected chi connectivity index (χ3v) is 8.57. The second kappa shape index (κ2) is 13.8. The lowest BCUT2D eigenvalue weighted by Crippen LogP contribution is -2.52. The van der Waals surface area contributed by atoms with Crippen LogP contribution in [0.1, 0.15) is 37.8 Å². The van der Waals surface area contributed by atoms with Crippen LogP contribution in [0, 0.1) is 6.92 Å². The molecule has 10 heteroatoms. The van der Waals surface area contributed by atoms with E-state index in [0.717, 1.165) is 16.3 Å². The van der Waals surface area contributed by atoms with Gasteiger partial charge in [-0.05, 0) is 67.3 Å². The first-order valence-electron chi connectivity index (χ1n) is 12.7. The summed E-state index contributed by atoms with van der Waals surface area (Å²) in [6, 6.07) is 19.0. The number of halogens is 2. The van der Waals surface area contributed by atoms with Gasteiger partial charge in [0, 0.05) is 23.1 Å². The predicted octanol–water partition coefficient (Wildman–Crippen LogP) is 5.83. The number of aryl methyl sites for hydroxylation is 1. The molecule has 0 aliphatic heterocycles. The Kier molecular flexibility index (Phi) is 10.8. The molecule has 0 saturated heterocycles. The van der Waals surface area contributed by atoms with E-state index in [2.05, 4.69) is 5.32 Å². The number of hydrogen-bond acceptors (Lipinski definition) is 4. The highest BCUT2D eigenvalue weighted by Crippen LogP contribution is 2.27. The Morgan fingerprint density at radius 3 is 2.28 bits per heavy atom. The van der Waals surface area contributed by atoms with Crippen LogP contribution in [0.25, 0.3) is 0 Å². The standard InChI is InChI=1S/C29H33Cl2N3O4S/c1-4-16-32-29(36)27(5-2)33(19-22-14-15-23(30)18-26(22)31)28(35)20-34(24-11-9-10-21(3)17-24)39(37,38)25-12-7-6-8-13-25/h6-15,17-18,27H,4-5,16,19-20H2,1-3H3,(H,32,36)/t27-/m0/s1. The minimum absolute atomic E-state index is 0.0000702. The Bertz CT molecular complexity index is 1400. The molecule has 7 nitrogen and oxygen atoms in total. The number of amides is 2. The second-order valence-corrected chi connectivity index (χ2v) is 11.8. The number of benzene rings is 3. The Balaban J connectivity index is 2.06. The van der Waals surface area contributed by atoms with Gasteiger partial charge in [0.05, 0.1) is 10.6 Å². The maximum atomic E-state index is 14.0. The lowest BCUT2D eigenvalue weighted by molar-refractivity contribution is -0.140. The molecule has 0 unspecified atom stereocenters. The molecule has 0 saturated carbocycles. The van der Waals surface area contributed by atoms with Gasteiger partial charge in [-0.15, -0.1) is 0 Å². The molecule has 0 radical (unpaired) electrons. The summed E-state index contributed by atoms with van der Waals surface area (Å²) < 4.78 is 28.7. The third kappa shape index (κ3) is 7.75. The van der Waals surface area contributed by atoms with E-state index in [1.165, 1.54) is 17.0 Å². The number of carbonyl (C=O) groups excluding carboxylic acids is 2. The molecule has 0 bridgehead atoms. The van der Waals surface area contributed by atoms with Gasteiger partial charge in [-0.2, -0.15) is 0 Å². The minimum atomic E-state index is -4.11. The van der Waals surface area contributed by atoms with Crippen molar-refractivity contribution in [2.75, 3.05) is 17.4 Å². The predicted molar refractivity (Wildman–Crippen MR) is 157 cm³/mol. The van der Waals surface area contributed by atoms with Crippen LogP contribution in [0.2, 0.25) is 10.0 Å². The molecular weight excluding hydrogens is 557 g/mol. The first-order chi connectivity index (χ1) is 18.6. The van der Waals surface area contributed by atoms with E-state index in [0.29, 0.717) is 34.3 Å². The Morgan fingerprint density at radius 1 is 0.949 bits per heavy atom. The van der Waals surface area contributed by atoms with Crippen LogP contribution in [0.3, 0.4) is 0 Å². The number of carbonyl (C=O) groups is 2. The summed E-state index contributed by atoms with van der Waals surface area (Å²) in [5.41, 5.74) is 1.77. The smallest absolute Gasteiger partial charge is 0.264 e. The molecular formula is C29H33Cl2N3O4S. The molecule has 0 fully saturated rings. The first-order valence-corrected chi connectivity index (χ1v) is 14.9. The largest absolute Gasteiger partial charge is 0.354 e. The summed E-state index contributed by atoms with van der Waals surface area (Å²) in [5, 5.41) is 3.64. The molecule has 0 aromatic heterocycles. The lowest BCUT2D eigenvalue weighted by Gasteiger charge is -2.33. The molecule has 0 aliphatic carbocycles. The molecule has 3 aromatic rings. The summed E-state index contributed by atoms with van der Waals surface area (Å²) in [4.78, 5) is 28.6. The van der Waals surface area contributed by atoms with Crippen molar-refractivity contribution in [3.8, 4) is 0 Å². The van der Waals surface area contributed by atoms with E-state index in [1.807, 2.05) is 19.9 Å². The van der Waals surface area contributed by atoms with Crippen molar-refractivity contribution in [2.45, 2.75) is 51.1 Å². The van der Waals surface area contributed by atoms with E-state index in [-0.39, 0.29) is 17.3 Å². The van der Waals surface area contributed by atoms with Crippen LogP contribution in [-0.2, 0) is 26.2 Å². The van der Waals surface area contributed by atoms with E-state index < -0.39 is 28.5 Å². The van der Waals surface area contributed by atoms with Gasteiger partial charge in [0.15, 0.2) is 0 Å². The average Bonchev–Trinajstić information content (AvgIpc) is 2.91. The normalized spacial score (nSPS) is 12.0. The molecule has 0 heterocycles. The Hall–Kier alpha value is -3.07. The Labute approximate surface area is 240 Å². The van der Waals surface area contributed by atoms with Gasteiger partial charge < -0.3 is 10.2 Å². The van der Waals surface area contributed by atoms with Crippen molar-refractivity contribution in [1.82, 2.24) is 10.2 Å².